The number of carbonyl (C=O) groups is 1. The minimum absolute atomic E-state index is 0.230. The first-order valence-corrected chi connectivity index (χ1v) is 6.26. The van der Waals surface area contributed by atoms with Crippen LogP contribution in [0.1, 0.15) is 10.4 Å². The van der Waals surface area contributed by atoms with E-state index in [-0.39, 0.29) is 11.4 Å². The largest absolute Gasteiger partial charge is 0.304 e. The van der Waals surface area contributed by atoms with E-state index in [0.29, 0.717) is 9.21 Å². The molecule has 18 heavy (non-hydrogen) atoms. The van der Waals surface area contributed by atoms with Gasteiger partial charge in [-0.2, -0.15) is 4.39 Å². The van der Waals surface area contributed by atoms with E-state index in [1.54, 1.807) is 0 Å². The summed E-state index contributed by atoms with van der Waals surface area (Å²) in [7, 11) is 0. The van der Waals surface area contributed by atoms with Gasteiger partial charge >= 0.3 is 0 Å². The van der Waals surface area contributed by atoms with Gasteiger partial charge in [0, 0.05) is 6.20 Å². The van der Waals surface area contributed by atoms with Gasteiger partial charge in [0.25, 0.3) is 5.91 Å². The Bertz CT molecular complexity index is 591. The van der Waals surface area contributed by atoms with Crippen LogP contribution in [0.15, 0.2) is 33.7 Å². The van der Waals surface area contributed by atoms with Gasteiger partial charge in [-0.25, -0.2) is 15.0 Å². The molecular weight excluding hydrogens is 371 g/mol. The molecule has 0 unspecified atom stereocenters. The molecule has 1 amide bonds. The Morgan fingerprint density at radius 3 is 2.61 bits per heavy atom. The molecule has 2 heterocycles. The number of amides is 1. The molecule has 2 aromatic rings. The van der Waals surface area contributed by atoms with Gasteiger partial charge in [-0.3, -0.25) is 4.79 Å². The molecule has 0 aliphatic rings. The van der Waals surface area contributed by atoms with Crippen LogP contribution in [0, 0.1) is 5.95 Å². The van der Waals surface area contributed by atoms with Crippen molar-refractivity contribution in [3.8, 4) is 0 Å². The second-order valence-electron chi connectivity index (χ2n) is 3.16. The third-order valence-electron chi connectivity index (χ3n) is 1.92. The average Bonchev–Trinajstić information content (AvgIpc) is 2.33. The number of nitrogens with one attached hydrogen (secondary N) is 1. The fourth-order valence-corrected chi connectivity index (χ4v) is 2.03. The molecule has 0 radical (unpaired) electrons. The molecule has 0 bridgehead atoms. The molecule has 0 saturated heterocycles. The Balaban J connectivity index is 2.18. The van der Waals surface area contributed by atoms with Gasteiger partial charge < -0.3 is 5.32 Å². The molecule has 0 fully saturated rings. The second kappa shape index (κ2) is 5.49. The lowest BCUT2D eigenvalue weighted by Crippen LogP contribution is -2.14. The molecule has 0 aromatic carbocycles. The van der Waals surface area contributed by atoms with Crippen molar-refractivity contribution in [1.82, 2.24) is 15.0 Å². The topological polar surface area (TPSA) is 67.8 Å². The number of aromatic nitrogens is 3. The minimum Gasteiger partial charge on any atom is -0.304 e. The first kappa shape index (κ1) is 13.0. The van der Waals surface area contributed by atoms with Gasteiger partial charge in [0.05, 0.1) is 11.8 Å². The number of anilines is 1. The van der Waals surface area contributed by atoms with E-state index in [9.17, 15) is 9.18 Å². The predicted molar refractivity (Wildman–Crippen MR) is 69.6 cm³/mol. The van der Waals surface area contributed by atoms with Crippen molar-refractivity contribution >= 4 is 43.6 Å². The molecule has 1 N–H and O–H groups in total. The lowest BCUT2D eigenvalue weighted by atomic mass is 10.3. The highest BCUT2D eigenvalue weighted by atomic mass is 79.9. The van der Waals surface area contributed by atoms with E-state index in [1.807, 2.05) is 0 Å². The number of hydrogen-bond donors (Lipinski definition) is 1. The van der Waals surface area contributed by atoms with Gasteiger partial charge in [-0.1, -0.05) is 0 Å². The van der Waals surface area contributed by atoms with Gasteiger partial charge in [0.2, 0.25) is 5.95 Å². The van der Waals surface area contributed by atoms with Crippen molar-refractivity contribution in [2.75, 3.05) is 5.32 Å². The number of rotatable bonds is 2. The van der Waals surface area contributed by atoms with Crippen molar-refractivity contribution < 1.29 is 9.18 Å². The van der Waals surface area contributed by atoms with Gasteiger partial charge in [-0.05, 0) is 44.0 Å². The van der Waals surface area contributed by atoms with E-state index in [1.165, 1.54) is 12.3 Å². The summed E-state index contributed by atoms with van der Waals surface area (Å²) in [6.45, 7) is 0. The lowest BCUT2D eigenvalue weighted by Gasteiger charge is -2.05. The number of pyridine rings is 1. The van der Waals surface area contributed by atoms with Crippen LogP contribution in [0.4, 0.5) is 10.2 Å². The number of nitrogens with zero attached hydrogens (tertiary/aromatic N) is 3. The van der Waals surface area contributed by atoms with E-state index < -0.39 is 11.9 Å². The summed E-state index contributed by atoms with van der Waals surface area (Å²) in [5.74, 6) is -0.816. The van der Waals surface area contributed by atoms with Crippen molar-refractivity contribution in [2.45, 2.75) is 0 Å². The van der Waals surface area contributed by atoms with Crippen molar-refractivity contribution in [3.05, 3.63) is 45.2 Å². The maximum atomic E-state index is 12.6. The lowest BCUT2D eigenvalue weighted by molar-refractivity contribution is 0.102. The molecule has 0 aliphatic carbocycles. The monoisotopic (exact) mass is 374 g/mol. The first-order chi connectivity index (χ1) is 8.56. The second-order valence-corrected chi connectivity index (χ2v) is 4.72. The average molecular weight is 376 g/mol. The third-order valence-corrected chi connectivity index (χ3v) is 2.86. The van der Waals surface area contributed by atoms with Gasteiger partial charge in [0.15, 0.2) is 5.82 Å². The van der Waals surface area contributed by atoms with Crippen molar-refractivity contribution in [3.63, 3.8) is 0 Å². The fraction of sp³-hybridized carbons (Fsp3) is 0. The molecule has 0 spiro atoms. The fourth-order valence-electron chi connectivity index (χ4n) is 1.12. The molecule has 0 aliphatic heterocycles. The van der Waals surface area contributed by atoms with Gasteiger partial charge in [-0.15, -0.1) is 0 Å². The van der Waals surface area contributed by atoms with E-state index in [0.717, 1.165) is 12.3 Å². The van der Waals surface area contributed by atoms with E-state index in [4.69, 9.17) is 0 Å². The standard InChI is InChI=1S/C10H5Br2FN4O/c11-6-4-15-9(8(12)16-6)17-10(18)5-1-2-7(13)14-3-5/h1-4H,(H,15,17,18). The molecule has 92 valence electrons. The molecule has 5 nitrogen and oxygen atoms in total. The van der Waals surface area contributed by atoms with Crippen molar-refractivity contribution in [2.24, 2.45) is 0 Å². The molecule has 0 atom stereocenters. The van der Waals surface area contributed by atoms with Crippen LogP contribution < -0.4 is 5.32 Å². The van der Waals surface area contributed by atoms with Crippen LogP contribution >= 0.6 is 31.9 Å². The van der Waals surface area contributed by atoms with Crippen LogP contribution in [0.3, 0.4) is 0 Å². The quantitative estimate of drug-likeness (QED) is 0.819. The summed E-state index contributed by atoms with van der Waals surface area (Å²) in [5.41, 5.74) is 0.230. The first-order valence-electron chi connectivity index (χ1n) is 4.67. The summed E-state index contributed by atoms with van der Waals surface area (Å²) in [6, 6.07) is 2.44. The van der Waals surface area contributed by atoms with Gasteiger partial charge in [0.1, 0.15) is 9.21 Å². The zero-order chi connectivity index (χ0) is 13.1. The zero-order valence-electron chi connectivity index (χ0n) is 8.69. The number of carbonyl (C=O) groups excluding carboxylic acids is 1. The Kier molecular flexibility index (Phi) is 3.97. The summed E-state index contributed by atoms with van der Waals surface area (Å²) in [5, 5.41) is 2.53. The van der Waals surface area contributed by atoms with Crippen LogP contribution in [-0.4, -0.2) is 20.9 Å². The zero-order valence-corrected chi connectivity index (χ0v) is 11.9. The third kappa shape index (κ3) is 3.08. The minimum atomic E-state index is -0.642. The number of hydrogen-bond acceptors (Lipinski definition) is 4. The molecule has 2 aromatic heterocycles. The predicted octanol–water partition coefficient (Wildman–Crippen LogP) is 2.79. The van der Waals surface area contributed by atoms with Crippen LogP contribution in [0.2, 0.25) is 0 Å². The van der Waals surface area contributed by atoms with Crippen LogP contribution in [0.25, 0.3) is 0 Å². The molecule has 2 rings (SSSR count). The normalized spacial score (nSPS) is 10.2. The highest BCUT2D eigenvalue weighted by Crippen LogP contribution is 2.19. The summed E-state index contributed by atoms with van der Waals surface area (Å²) in [6.07, 6.45) is 2.59. The molecule has 8 heteroatoms. The highest BCUT2D eigenvalue weighted by Gasteiger charge is 2.11. The summed E-state index contributed by atoms with van der Waals surface area (Å²) in [4.78, 5) is 23.2. The Morgan fingerprint density at radius 2 is 2.00 bits per heavy atom. The summed E-state index contributed by atoms with van der Waals surface area (Å²) >= 11 is 6.31. The maximum Gasteiger partial charge on any atom is 0.258 e. The Labute approximate surface area is 118 Å². The molecular formula is C10H5Br2FN4O. The van der Waals surface area contributed by atoms with Crippen LogP contribution in [-0.2, 0) is 0 Å². The number of halogens is 3. The van der Waals surface area contributed by atoms with Crippen molar-refractivity contribution in [1.29, 1.82) is 0 Å². The molecule has 0 saturated carbocycles. The Hall–Kier alpha value is -1.41. The van der Waals surface area contributed by atoms with Crippen LogP contribution in [0.5, 0.6) is 0 Å². The highest BCUT2D eigenvalue weighted by molar-refractivity contribution is 9.11. The maximum absolute atomic E-state index is 12.6. The summed E-state index contributed by atoms with van der Waals surface area (Å²) < 4.78 is 13.5. The smallest absolute Gasteiger partial charge is 0.258 e. The Morgan fingerprint density at radius 1 is 1.22 bits per heavy atom. The van der Waals surface area contributed by atoms with E-state index >= 15 is 0 Å². The van der Waals surface area contributed by atoms with E-state index in [2.05, 4.69) is 52.1 Å². The SMILES string of the molecule is O=C(Nc1ncc(Br)nc1Br)c1ccc(F)nc1.